The molecule has 0 aliphatic heterocycles. The van der Waals surface area contributed by atoms with Crippen molar-refractivity contribution in [3.63, 3.8) is 0 Å². The Labute approximate surface area is 101 Å². The van der Waals surface area contributed by atoms with E-state index in [4.69, 9.17) is 9.47 Å². The van der Waals surface area contributed by atoms with Gasteiger partial charge in [0.15, 0.2) is 0 Å². The normalized spacial score (nSPS) is 22.5. The third kappa shape index (κ3) is 4.89. The molecule has 0 radical (unpaired) electrons. The largest absolute Gasteiger partial charge is 0.461 e. The Morgan fingerprint density at radius 1 is 1.47 bits per heavy atom. The van der Waals surface area contributed by atoms with Gasteiger partial charge in [0.2, 0.25) is 0 Å². The van der Waals surface area contributed by atoms with Crippen LogP contribution in [-0.4, -0.2) is 30.3 Å². The van der Waals surface area contributed by atoms with Gasteiger partial charge in [0.25, 0.3) is 0 Å². The Kier molecular flexibility index (Phi) is 4.15. The summed E-state index contributed by atoms with van der Waals surface area (Å²) in [5, 5.41) is 2.63. The van der Waals surface area contributed by atoms with E-state index >= 15 is 0 Å². The van der Waals surface area contributed by atoms with Gasteiger partial charge in [0, 0.05) is 6.04 Å². The van der Waals surface area contributed by atoms with E-state index in [1.807, 2.05) is 0 Å². The second-order valence-corrected chi connectivity index (χ2v) is 5.01. The number of hydrogen-bond acceptors (Lipinski definition) is 4. The lowest BCUT2D eigenvalue weighted by Crippen LogP contribution is -2.35. The second-order valence-electron chi connectivity index (χ2n) is 5.01. The molecule has 0 saturated heterocycles. The Hall–Kier alpha value is -1.52. The average molecular weight is 241 g/mol. The van der Waals surface area contributed by atoms with Gasteiger partial charge in [-0.05, 0) is 27.2 Å². The van der Waals surface area contributed by atoms with Crippen molar-refractivity contribution >= 4 is 12.1 Å². The third-order valence-corrected chi connectivity index (χ3v) is 2.14. The smallest absolute Gasteiger partial charge is 0.407 e. The second kappa shape index (κ2) is 5.21. The van der Waals surface area contributed by atoms with Crippen molar-refractivity contribution in [2.45, 2.75) is 38.8 Å². The number of nitrogens with one attached hydrogen (secondary N) is 1. The molecule has 1 aliphatic rings. The topological polar surface area (TPSA) is 64.6 Å². The van der Waals surface area contributed by atoms with E-state index in [0.29, 0.717) is 6.42 Å². The van der Waals surface area contributed by atoms with E-state index < -0.39 is 11.7 Å². The zero-order valence-electron chi connectivity index (χ0n) is 10.5. The fraction of sp³-hybridized carbons (Fsp3) is 0.667. The van der Waals surface area contributed by atoms with Crippen molar-refractivity contribution < 1.29 is 19.1 Å². The lowest BCUT2D eigenvalue weighted by Gasteiger charge is -2.19. The van der Waals surface area contributed by atoms with Gasteiger partial charge in [0.1, 0.15) is 12.2 Å². The van der Waals surface area contributed by atoms with Crippen LogP contribution in [0.5, 0.6) is 0 Å². The molecule has 0 aromatic heterocycles. The van der Waals surface area contributed by atoms with Gasteiger partial charge in [-0.15, -0.1) is 0 Å². The maximum Gasteiger partial charge on any atom is 0.407 e. The van der Waals surface area contributed by atoms with Crippen LogP contribution in [-0.2, 0) is 14.3 Å². The first-order valence-corrected chi connectivity index (χ1v) is 5.60. The van der Waals surface area contributed by atoms with Crippen LogP contribution in [0.3, 0.4) is 0 Å². The van der Waals surface area contributed by atoms with Gasteiger partial charge < -0.3 is 14.8 Å². The molecule has 2 atom stereocenters. The first-order valence-electron chi connectivity index (χ1n) is 5.60. The van der Waals surface area contributed by atoms with Crippen molar-refractivity contribution in [3.8, 4) is 0 Å². The Bertz CT molecular complexity index is 319. The van der Waals surface area contributed by atoms with E-state index in [9.17, 15) is 9.59 Å². The van der Waals surface area contributed by atoms with E-state index in [2.05, 4.69) is 11.9 Å². The number of amides is 1. The molecule has 96 valence electrons. The van der Waals surface area contributed by atoms with Crippen LogP contribution in [0.4, 0.5) is 4.79 Å². The summed E-state index contributed by atoms with van der Waals surface area (Å²) in [4.78, 5) is 22.8. The van der Waals surface area contributed by atoms with Crippen molar-refractivity contribution in [1.29, 1.82) is 0 Å². The molecule has 1 N–H and O–H groups in total. The minimum atomic E-state index is -0.530. The molecule has 5 heteroatoms. The number of rotatable bonds is 4. The van der Waals surface area contributed by atoms with Gasteiger partial charge in [-0.25, -0.2) is 4.79 Å². The first-order chi connectivity index (χ1) is 7.83. The lowest BCUT2D eigenvalue weighted by atomic mass is 10.2. The quantitative estimate of drug-likeness (QED) is 0.600. The standard InChI is InChI=1S/C12H19NO4/c1-5-6-16-10(14)8-7-9(8)13-11(15)17-12(2,3)4/h5,8-9H,1,6-7H2,2-4H3,(H,13,15)/t8-,9-/m0/s1. The fourth-order valence-electron chi connectivity index (χ4n) is 1.32. The van der Waals surface area contributed by atoms with Crippen molar-refractivity contribution in [1.82, 2.24) is 5.32 Å². The maximum absolute atomic E-state index is 11.4. The molecule has 1 amide bonds. The fourth-order valence-corrected chi connectivity index (χ4v) is 1.32. The van der Waals surface area contributed by atoms with E-state index in [0.717, 1.165) is 0 Å². The molecule has 0 bridgehead atoms. The Balaban J connectivity index is 2.26. The van der Waals surface area contributed by atoms with Crippen molar-refractivity contribution in [3.05, 3.63) is 12.7 Å². The van der Waals surface area contributed by atoms with Crippen LogP contribution in [0.2, 0.25) is 0 Å². The number of hydrogen-bond donors (Lipinski definition) is 1. The summed E-state index contributed by atoms with van der Waals surface area (Å²) in [5.74, 6) is -0.548. The Morgan fingerprint density at radius 3 is 2.65 bits per heavy atom. The van der Waals surface area contributed by atoms with Crippen LogP contribution < -0.4 is 5.32 Å². The molecule has 0 unspecified atom stereocenters. The zero-order chi connectivity index (χ0) is 13.1. The first kappa shape index (κ1) is 13.5. The molecule has 0 aromatic carbocycles. The average Bonchev–Trinajstić information content (AvgIpc) is 2.90. The summed E-state index contributed by atoms with van der Waals surface area (Å²) in [6.45, 7) is 9.02. The van der Waals surface area contributed by atoms with Gasteiger partial charge in [0.05, 0.1) is 5.92 Å². The van der Waals surface area contributed by atoms with Crippen molar-refractivity contribution in [2.75, 3.05) is 6.61 Å². The number of alkyl carbamates (subject to hydrolysis) is 1. The van der Waals surface area contributed by atoms with Gasteiger partial charge >= 0.3 is 12.1 Å². The highest BCUT2D eigenvalue weighted by Gasteiger charge is 2.45. The molecule has 1 saturated carbocycles. The predicted octanol–water partition coefficient (Wildman–Crippen LogP) is 1.63. The molecular weight excluding hydrogens is 222 g/mol. The molecule has 1 fully saturated rings. The monoisotopic (exact) mass is 241 g/mol. The number of ether oxygens (including phenoxy) is 2. The lowest BCUT2D eigenvalue weighted by molar-refractivity contribution is -0.144. The van der Waals surface area contributed by atoms with E-state index in [1.165, 1.54) is 6.08 Å². The molecule has 1 rings (SSSR count). The summed E-state index contributed by atoms with van der Waals surface area (Å²) in [5.41, 5.74) is -0.530. The molecular formula is C12H19NO4. The number of esters is 1. The van der Waals surface area contributed by atoms with Gasteiger partial charge in [-0.3, -0.25) is 4.79 Å². The van der Waals surface area contributed by atoms with Gasteiger partial charge in [-0.1, -0.05) is 12.7 Å². The highest BCUT2D eigenvalue weighted by Crippen LogP contribution is 2.31. The highest BCUT2D eigenvalue weighted by atomic mass is 16.6. The summed E-state index contributed by atoms with van der Waals surface area (Å²) in [6, 6.07) is -0.165. The number of carbonyl (C=O) groups is 2. The molecule has 1 aliphatic carbocycles. The highest BCUT2D eigenvalue weighted by molar-refractivity contribution is 5.79. The molecule has 17 heavy (non-hydrogen) atoms. The Morgan fingerprint density at radius 2 is 2.12 bits per heavy atom. The molecule has 0 aromatic rings. The SMILES string of the molecule is C=CCOC(=O)[C@H]1C[C@@H]1NC(=O)OC(C)(C)C. The predicted molar refractivity (Wildman–Crippen MR) is 62.4 cm³/mol. The maximum atomic E-state index is 11.4. The minimum Gasteiger partial charge on any atom is -0.461 e. The summed E-state index contributed by atoms with van der Waals surface area (Å²) < 4.78 is 9.96. The summed E-state index contributed by atoms with van der Waals surface area (Å²) in [6.07, 6.45) is 1.62. The van der Waals surface area contributed by atoms with Crippen LogP contribution >= 0.6 is 0 Å². The summed E-state index contributed by atoms with van der Waals surface area (Å²) >= 11 is 0. The van der Waals surface area contributed by atoms with E-state index in [1.54, 1.807) is 20.8 Å². The van der Waals surface area contributed by atoms with Crippen LogP contribution in [0, 0.1) is 5.92 Å². The molecule has 0 spiro atoms. The van der Waals surface area contributed by atoms with Gasteiger partial charge in [-0.2, -0.15) is 0 Å². The third-order valence-electron chi connectivity index (χ3n) is 2.14. The summed E-state index contributed by atoms with van der Waals surface area (Å²) in [7, 11) is 0. The van der Waals surface area contributed by atoms with Crippen molar-refractivity contribution in [2.24, 2.45) is 5.92 Å². The van der Waals surface area contributed by atoms with Crippen LogP contribution in [0.15, 0.2) is 12.7 Å². The minimum absolute atomic E-state index is 0.165. The zero-order valence-corrected chi connectivity index (χ0v) is 10.5. The van der Waals surface area contributed by atoms with Crippen LogP contribution in [0.1, 0.15) is 27.2 Å². The molecule has 0 heterocycles. The number of carbonyl (C=O) groups excluding carboxylic acids is 2. The molecule has 5 nitrogen and oxygen atoms in total. The van der Waals surface area contributed by atoms with E-state index in [-0.39, 0.29) is 24.5 Å². The van der Waals surface area contributed by atoms with Crippen LogP contribution in [0.25, 0.3) is 0 Å².